The number of nitrogen functional groups attached to an aromatic ring is 2. The molecule has 1 aliphatic rings. The average molecular weight is 384 g/mol. The summed E-state index contributed by atoms with van der Waals surface area (Å²) in [6, 6.07) is 3.07. The van der Waals surface area contributed by atoms with E-state index >= 15 is 0 Å². The number of ether oxygens (including phenoxy) is 1. The third-order valence-electron chi connectivity index (χ3n) is 3.99. The number of benzene rings is 1. The standard InChI is InChI=1S/C17H14F2N8O/c1-2-28-10-4-7(3-9(18)12(10)19)14-11-13(22)8(5-20)15(23)26-16(11)27-17(25-14)24-6-21/h3-4,14H,2H2,1H3,(H6,22,23,24,25,26,27). The molecule has 9 nitrogen and oxygen atoms in total. The van der Waals surface area contributed by atoms with E-state index in [2.05, 4.69) is 20.6 Å². The Kier molecular flexibility index (Phi) is 4.83. The van der Waals surface area contributed by atoms with E-state index in [1.807, 2.05) is 6.07 Å². The van der Waals surface area contributed by atoms with E-state index in [4.69, 9.17) is 21.5 Å². The Morgan fingerprint density at radius 1 is 1.32 bits per heavy atom. The molecule has 1 unspecified atom stereocenters. The fraction of sp³-hybridized carbons (Fsp3) is 0.176. The molecule has 0 bridgehead atoms. The van der Waals surface area contributed by atoms with E-state index in [0.29, 0.717) is 0 Å². The number of pyridine rings is 1. The van der Waals surface area contributed by atoms with Crippen LogP contribution in [-0.4, -0.2) is 17.6 Å². The zero-order valence-electron chi connectivity index (χ0n) is 14.5. The Hall–Kier alpha value is -4.12. The monoisotopic (exact) mass is 384 g/mol. The maximum absolute atomic E-state index is 14.1. The largest absolute Gasteiger partial charge is 0.491 e. The first-order chi connectivity index (χ1) is 13.4. The molecule has 1 aliphatic heterocycles. The first kappa shape index (κ1) is 18.7. The van der Waals surface area contributed by atoms with Gasteiger partial charge >= 0.3 is 0 Å². The van der Waals surface area contributed by atoms with Crippen molar-refractivity contribution in [2.75, 3.05) is 23.4 Å². The molecule has 1 aromatic heterocycles. The van der Waals surface area contributed by atoms with Crippen molar-refractivity contribution in [2.24, 2.45) is 4.99 Å². The molecule has 1 aromatic carbocycles. The highest BCUT2D eigenvalue weighted by Gasteiger charge is 2.31. The molecule has 2 heterocycles. The number of rotatable bonds is 3. The van der Waals surface area contributed by atoms with Crippen LogP contribution in [0.2, 0.25) is 0 Å². The van der Waals surface area contributed by atoms with Crippen LogP contribution in [-0.2, 0) is 0 Å². The molecule has 0 saturated heterocycles. The minimum Gasteiger partial charge on any atom is -0.491 e. The van der Waals surface area contributed by atoms with Crippen molar-refractivity contribution < 1.29 is 13.5 Å². The van der Waals surface area contributed by atoms with Crippen LogP contribution in [0.4, 0.5) is 26.1 Å². The Morgan fingerprint density at radius 2 is 2.07 bits per heavy atom. The minimum absolute atomic E-state index is 0.00120. The predicted molar refractivity (Wildman–Crippen MR) is 97.0 cm³/mol. The molecule has 6 N–H and O–H groups in total. The summed E-state index contributed by atoms with van der Waals surface area (Å²) in [6.07, 6.45) is 1.70. The molecule has 0 radical (unpaired) electrons. The number of hydrogen-bond acceptors (Lipinski definition) is 9. The van der Waals surface area contributed by atoms with Crippen molar-refractivity contribution in [3.63, 3.8) is 0 Å². The highest BCUT2D eigenvalue weighted by atomic mass is 19.2. The zero-order chi connectivity index (χ0) is 20.4. The molecule has 0 saturated carbocycles. The molecule has 0 spiro atoms. The maximum atomic E-state index is 14.1. The van der Waals surface area contributed by atoms with Crippen LogP contribution in [0.3, 0.4) is 0 Å². The molecule has 0 aliphatic carbocycles. The van der Waals surface area contributed by atoms with E-state index in [0.717, 1.165) is 6.07 Å². The summed E-state index contributed by atoms with van der Waals surface area (Å²) in [5, 5.41) is 23.2. The van der Waals surface area contributed by atoms with Gasteiger partial charge in [0.05, 0.1) is 12.3 Å². The van der Waals surface area contributed by atoms with Gasteiger partial charge in [-0.15, -0.1) is 0 Å². The number of aromatic nitrogens is 1. The summed E-state index contributed by atoms with van der Waals surface area (Å²) in [6.45, 7) is 1.74. The summed E-state index contributed by atoms with van der Waals surface area (Å²) >= 11 is 0. The number of nitrogens with one attached hydrogen (secondary N) is 2. The fourth-order valence-electron chi connectivity index (χ4n) is 2.82. The lowest BCUT2D eigenvalue weighted by molar-refractivity contribution is 0.313. The lowest BCUT2D eigenvalue weighted by Gasteiger charge is -2.26. The lowest BCUT2D eigenvalue weighted by atomic mass is 9.95. The van der Waals surface area contributed by atoms with Crippen molar-refractivity contribution in [2.45, 2.75) is 13.0 Å². The molecule has 28 heavy (non-hydrogen) atoms. The van der Waals surface area contributed by atoms with Gasteiger partial charge < -0.3 is 21.5 Å². The van der Waals surface area contributed by atoms with Gasteiger partial charge in [-0.2, -0.15) is 14.9 Å². The molecular weight excluding hydrogens is 370 g/mol. The molecule has 11 heteroatoms. The van der Waals surface area contributed by atoms with Crippen LogP contribution in [0.1, 0.15) is 29.7 Å². The van der Waals surface area contributed by atoms with Crippen LogP contribution >= 0.6 is 0 Å². The second-order valence-corrected chi connectivity index (χ2v) is 5.65. The van der Waals surface area contributed by atoms with Gasteiger partial charge in [-0.05, 0) is 24.6 Å². The van der Waals surface area contributed by atoms with E-state index in [9.17, 15) is 14.0 Å². The Balaban J connectivity index is 2.26. The first-order valence-corrected chi connectivity index (χ1v) is 8.01. The summed E-state index contributed by atoms with van der Waals surface area (Å²) in [7, 11) is 0. The summed E-state index contributed by atoms with van der Waals surface area (Å²) in [5.74, 6) is -2.57. The molecule has 1 atom stereocenters. The Morgan fingerprint density at radius 3 is 2.71 bits per heavy atom. The Labute approximate surface area is 158 Å². The van der Waals surface area contributed by atoms with Gasteiger partial charge in [-0.1, -0.05) is 0 Å². The van der Waals surface area contributed by atoms with Crippen LogP contribution in [0.5, 0.6) is 5.75 Å². The lowest BCUT2D eigenvalue weighted by Crippen LogP contribution is -2.32. The molecule has 142 valence electrons. The van der Waals surface area contributed by atoms with Gasteiger partial charge in [0.15, 0.2) is 17.8 Å². The van der Waals surface area contributed by atoms with E-state index in [1.165, 1.54) is 6.07 Å². The number of nitriles is 2. The van der Waals surface area contributed by atoms with Crippen LogP contribution in [0.25, 0.3) is 0 Å². The van der Waals surface area contributed by atoms with Gasteiger partial charge in [0.1, 0.15) is 29.3 Å². The van der Waals surface area contributed by atoms with Gasteiger partial charge in [-0.3, -0.25) is 5.32 Å². The molecule has 3 rings (SSSR count). The van der Waals surface area contributed by atoms with Gasteiger partial charge in [0, 0.05) is 5.56 Å². The first-order valence-electron chi connectivity index (χ1n) is 8.01. The quantitative estimate of drug-likeness (QED) is 0.460. The van der Waals surface area contributed by atoms with Crippen LogP contribution in [0, 0.1) is 34.4 Å². The smallest absolute Gasteiger partial charge is 0.211 e. The number of hydrogen-bond donors (Lipinski definition) is 4. The molecular formula is C17H14F2N8O. The highest BCUT2D eigenvalue weighted by molar-refractivity contribution is 5.98. The number of anilines is 3. The molecule has 2 aromatic rings. The number of nitrogens with two attached hydrogens (primary N) is 2. The maximum Gasteiger partial charge on any atom is 0.211 e. The second kappa shape index (κ2) is 7.25. The summed E-state index contributed by atoms with van der Waals surface area (Å²) in [5.41, 5.74) is 12.2. The third kappa shape index (κ3) is 3.05. The fourth-order valence-corrected chi connectivity index (χ4v) is 2.82. The number of fused-ring (bicyclic) bond motifs is 1. The summed E-state index contributed by atoms with van der Waals surface area (Å²) < 4.78 is 33.3. The van der Waals surface area contributed by atoms with E-state index in [1.54, 1.807) is 13.1 Å². The highest BCUT2D eigenvalue weighted by Crippen LogP contribution is 2.41. The minimum atomic E-state index is -1.14. The summed E-state index contributed by atoms with van der Waals surface area (Å²) in [4.78, 5) is 8.37. The van der Waals surface area contributed by atoms with Crippen molar-refractivity contribution in [1.29, 1.82) is 10.5 Å². The zero-order valence-corrected chi connectivity index (χ0v) is 14.5. The average Bonchev–Trinajstić information content (AvgIpc) is 2.65. The van der Waals surface area contributed by atoms with Gasteiger partial charge in [-0.25, -0.2) is 14.4 Å². The van der Waals surface area contributed by atoms with Crippen LogP contribution in [0.15, 0.2) is 17.1 Å². The number of halogens is 2. The van der Waals surface area contributed by atoms with Crippen molar-refractivity contribution >= 4 is 23.3 Å². The number of nitrogens with zero attached hydrogens (tertiary/aromatic N) is 4. The number of guanidine groups is 1. The SMILES string of the molecule is CCOc1cc(C2N=C(NC#N)Nc3nc(N)c(C#N)c(N)c32)cc(F)c1F. The Bertz CT molecular complexity index is 1070. The van der Waals surface area contributed by atoms with Crippen molar-refractivity contribution in [3.8, 4) is 18.0 Å². The second-order valence-electron chi connectivity index (χ2n) is 5.65. The van der Waals surface area contributed by atoms with E-state index < -0.39 is 17.7 Å². The van der Waals surface area contributed by atoms with Gasteiger partial charge in [0.2, 0.25) is 11.8 Å². The van der Waals surface area contributed by atoms with Crippen LogP contribution < -0.4 is 26.8 Å². The van der Waals surface area contributed by atoms with Crippen molar-refractivity contribution in [3.05, 3.63) is 40.5 Å². The van der Waals surface area contributed by atoms with E-state index in [-0.39, 0.29) is 52.3 Å². The topological polar surface area (TPSA) is 158 Å². The normalized spacial score (nSPS) is 14.8. The number of aliphatic imine (C=N–C) groups is 1. The molecule has 0 fully saturated rings. The predicted octanol–water partition coefficient (Wildman–Crippen LogP) is 1.74. The van der Waals surface area contributed by atoms with Gasteiger partial charge in [0.25, 0.3) is 0 Å². The van der Waals surface area contributed by atoms with Crippen molar-refractivity contribution in [1.82, 2.24) is 10.3 Å². The molecule has 0 amide bonds. The third-order valence-corrected chi connectivity index (χ3v) is 3.99.